The third kappa shape index (κ3) is 5.90. The van der Waals surface area contributed by atoms with Crippen molar-refractivity contribution in [1.82, 2.24) is 9.04 Å². The molecule has 1 aliphatic heterocycles. The number of hydrogen-bond acceptors (Lipinski definition) is 8. The minimum atomic E-state index is -3.72. The fourth-order valence-corrected chi connectivity index (χ4v) is 5.02. The van der Waals surface area contributed by atoms with E-state index < -0.39 is 39.8 Å². The maximum atomic E-state index is 13.0. The molecule has 170 valence electrons. The second-order valence-electron chi connectivity index (χ2n) is 7.38. The van der Waals surface area contributed by atoms with Gasteiger partial charge in [-0.1, -0.05) is 30.7 Å². The van der Waals surface area contributed by atoms with Crippen molar-refractivity contribution in [2.75, 3.05) is 12.3 Å². The lowest BCUT2D eigenvalue weighted by Gasteiger charge is -2.21. The Labute approximate surface area is 180 Å². The van der Waals surface area contributed by atoms with Crippen molar-refractivity contribution in [2.45, 2.75) is 44.9 Å². The van der Waals surface area contributed by atoms with Crippen molar-refractivity contribution in [3.8, 4) is 11.8 Å². The molecule has 10 nitrogen and oxygen atoms in total. The van der Waals surface area contributed by atoms with Gasteiger partial charge in [0.15, 0.2) is 0 Å². The number of hydrogen-bond donors (Lipinski definition) is 3. The van der Waals surface area contributed by atoms with Crippen LogP contribution in [0.2, 0.25) is 0 Å². The number of rotatable bonds is 10. The number of benzene rings is 1. The van der Waals surface area contributed by atoms with E-state index in [9.17, 15) is 23.4 Å². The third-order valence-electron chi connectivity index (χ3n) is 5.06. The first kappa shape index (κ1) is 22.9. The van der Waals surface area contributed by atoms with Crippen LogP contribution in [0, 0.1) is 0 Å². The quantitative estimate of drug-likeness (QED) is 0.364. The lowest BCUT2D eigenvalue weighted by atomic mass is 10.1. The maximum Gasteiger partial charge on any atom is 0.534 e. The van der Waals surface area contributed by atoms with E-state index in [-0.39, 0.29) is 13.1 Å². The number of nitrogens with two attached hydrogens (primary N) is 1. The first-order valence-electron chi connectivity index (χ1n) is 10.0. The Kier molecular flexibility index (Phi) is 7.42. The number of ether oxygens (including phenoxy) is 1. The Morgan fingerprint density at radius 2 is 1.65 bits per heavy atom. The largest absolute Gasteiger partial charge is 0.534 e. The van der Waals surface area contributed by atoms with E-state index in [1.807, 2.05) is 24.3 Å². The van der Waals surface area contributed by atoms with Gasteiger partial charge >= 0.3 is 6.16 Å². The van der Waals surface area contributed by atoms with Crippen molar-refractivity contribution >= 4 is 16.2 Å². The van der Waals surface area contributed by atoms with E-state index in [1.54, 1.807) is 0 Å². The summed E-state index contributed by atoms with van der Waals surface area (Å²) >= 11 is 0. The zero-order valence-electron chi connectivity index (χ0n) is 17.0. The van der Waals surface area contributed by atoms with Crippen molar-refractivity contribution in [1.29, 1.82) is 0 Å². The lowest BCUT2D eigenvalue weighted by molar-refractivity contribution is 0.0120. The van der Waals surface area contributed by atoms with Crippen LogP contribution in [0.5, 0.6) is 11.8 Å². The van der Waals surface area contributed by atoms with E-state index in [2.05, 4.69) is 0 Å². The predicted molar refractivity (Wildman–Crippen MR) is 112 cm³/mol. The molecule has 1 aliphatic rings. The molecule has 1 aromatic heterocycles. The Balaban J connectivity index is 1.65. The first-order valence-corrected chi connectivity index (χ1v) is 11.6. The van der Waals surface area contributed by atoms with Crippen molar-refractivity contribution in [2.24, 2.45) is 5.73 Å². The van der Waals surface area contributed by atoms with Gasteiger partial charge in [0, 0.05) is 25.2 Å². The molecule has 11 heteroatoms. The van der Waals surface area contributed by atoms with Crippen LogP contribution >= 0.6 is 0 Å². The number of unbranched alkanes of at least 4 members (excludes halogenated alkanes) is 2. The van der Waals surface area contributed by atoms with Gasteiger partial charge in [-0.15, -0.1) is 4.73 Å². The first-order chi connectivity index (χ1) is 14.8. The minimum absolute atomic E-state index is 0.272. The van der Waals surface area contributed by atoms with Crippen LogP contribution in [0.1, 0.15) is 36.8 Å². The van der Waals surface area contributed by atoms with Crippen LogP contribution in [0.3, 0.4) is 0 Å². The molecule has 1 unspecified atom stereocenters. The molecular formula is C20H27N3O7S. The van der Waals surface area contributed by atoms with Crippen LogP contribution in [0.25, 0.3) is 0 Å². The highest BCUT2D eigenvalue weighted by atomic mass is 32.2. The number of carbonyl (C=O) groups is 1. The van der Waals surface area contributed by atoms with Gasteiger partial charge in [-0.3, -0.25) is 4.84 Å². The molecule has 4 N–H and O–H groups in total. The SMILES string of the molecule is NCCCCCC(CS(=O)(=O)N1Cc2ccccc2C1)OC(=O)On1c(O)ccc1O. The molecule has 0 amide bonds. The fraction of sp³-hybridized carbons (Fsp3) is 0.450. The summed E-state index contributed by atoms with van der Waals surface area (Å²) in [5.41, 5.74) is 7.40. The topological polar surface area (TPSA) is 144 Å². The fourth-order valence-electron chi connectivity index (χ4n) is 3.44. The van der Waals surface area contributed by atoms with Crippen LogP contribution < -0.4 is 10.6 Å². The molecule has 2 heterocycles. The van der Waals surface area contributed by atoms with E-state index >= 15 is 0 Å². The standard InChI is InChI=1S/C20H27N3O7S/c21-11-5-1-2-8-17(29-20(26)30-23-18(24)9-10-19(23)25)14-31(27,28)22-12-15-6-3-4-7-16(15)13-22/h3-4,6-7,9-10,17,24-25H,1-2,5,8,11-14,21H2. The number of aromatic hydroxyl groups is 2. The molecule has 0 radical (unpaired) electrons. The summed E-state index contributed by atoms with van der Waals surface area (Å²) in [6.45, 7) is 1.06. The Morgan fingerprint density at radius 1 is 1.03 bits per heavy atom. The Hall–Kier alpha value is -2.76. The van der Waals surface area contributed by atoms with E-state index in [0.29, 0.717) is 24.1 Å². The molecule has 0 saturated carbocycles. The molecule has 0 fully saturated rings. The lowest BCUT2D eigenvalue weighted by Crippen LogP contribution is -2.36. The van der Waals surface area contributed by atoms with E-state index in [1.165, 1.54) is 4.31 Å². The zero-order valence-corrected chi connectivity index (χ0v) is 17.8. The molecule has 0 bridgehead atoms. The van der Waals surface area contributed by atoms with Gasteiger partial charge in [0.1, 0.15) is 11.9 Å². The summed E-state index contributed by atoms with van der Waals surface area (Å²) in [5, 5.41) is 19.2. The molecule has 0 saturated heterocycles. The van der Waals surface area contributed by atoms with Gasteiger partial charge in [-0.2, -0.15) is 4.31 Å². The van der Waals surface area contributed by atoms with Crippen LogP contribution in [0.15, 0.2) is 36.4 Å². The molecule has 31 heavy (non-hydrogen) atoms. The Bertz CT molecular complexity index is 961. The number of carbonyl (C=O) groups excluding carboxylic acids is 1. The molecule has 3 rings (SSSR count). The number of aromatic nitrogens is 1. The van der Waals surface area contributed by atoms with E-state index in [4.69, 9.17) is 15.3 Å². The number of fused-ring (bicyclic) bond motifs is 1. The molecule has 0 aliphatic carbocycles. The minimum Gasteiger partial charge on any atom is -0.492 e. The molecule has 1 aromatic carbocycles. The van der Waals surface area contributed by atoms with Crippen LogP contribution in [-0.4, -0.2) is 52.2 Å². The number of nitrogens with zero attached hydrogens (tertiary/aromatic N) is 2. The van der Waals surface area contributed by atoms with E-state index in [0.717, 1.165) is 36.1 Å². The van der Waals surface area contributed by atoms with Gasteiger partial charge in [-0.05, 0) is 36.9 Å². The summed E-state index contributed by atoms with van der Waals surface area (Å²) in [6.07, 6.45) is 0.268. The summed E-state index contributed by atoms with van der Waals surface area (Å²) < 4.78 is 33.1. The summed E-state index contributed by atoms with van der Waals surface area (Å²) in [6, 6.07) is 9.75. The average Bonchev–Trinajstić information content (AvgIpc) is 3.30. The molecule has 1 atom stereocenters. The predicted octanol–water partition coefficient (Wildman–Crippen LogP) is 1.70. The zero-order chi connectivity index (χ0) is 22.4. The van der Waals surface area contributed by atoms with Crippen LogP contribution in [-0.2, 0) is 27.8 Å². The van der Waals surface area contributed by atoms with Crippen molar-refractivity contribution in [3.63, 3.8) is 0 Å². The van der Waals surface area contributed by atoms with Gasteiger partial charge in [0.05, 0.1) is 0 Å². The molecular weight excluding hydrogens is 426 g/mol. The summed E-state index contributed by atoms with van der Waals surface area (Å²) in [7, 11) is -3.72. The van der Waals surface area contributed by atoms with Gasteiger partial charge < -0.3 is 20.7 Å². The van der Waals surface area contributed by atoms with Crippen molar-refractivity contribution < 1.29 is 33.0 Å². The smallest absolute Gasteiger partial charge is 0.492 e. The Morgan fingerprint density at radius 3 is 2.23 bits per heavy atom. The number of sulfonamides is 1. The molecule has 0 spiro atoms. The average molecular weight is 454 g/mol. The normalized spacial score (nSPS) is 14.9. The third-order valence-corrected chi connectivity index (χ3v) is 6.90. The maximum absolute atomic E-state index is 13.0. The van der Waals surface area contributed by atoms with Gasteiger partial charge in [0.2, 0.25) is 21.8 Å². The monoisotopic (exact) mass is 453 g/mol. The van der Waals surface area contributed by atoms with Crippen LogP contribution in [0.4, 0.5) is 4.79 Å². The second-order valence-corrected chi connectivity index (χ2v) is 9.39. The summed E-state index contributed by atoms with van der Waals surface area (Å²) in [5.74, 6) is -1.41. The summed E-state index contributed by atoms with van der Waals surface area (Å²) in [4.78, 5) is 17.0. The molecule has 2 aromatic rings. The highest BCUT2D eigenvalue weighted by molar-refractivity contribution is 7.89. The second kappa shape index (κ2) is 10.0. The van der Waals surface area contributed by atoms with Gasteiger partial charge in [-0.25, -0.2) is 13.2 Å². The van der Waals surface area contributed by atoms with Crippen molar-refractivity contribution in [3.05, 3.63) is 47.5 Å². The highest BCUT2D eigenvalue weighted by Gasteiger charge is 2.33. The van der Waals surface area contributed by atoms with Gasteiger partial charge in [0.25, 0.3) is 0 Å². The highest BCUT2D eigenvalue weighted by Crippen LogP contribution is 2.26.